The maximum Gasteiger partial charge on any atom is 0.261 e. The molecule has 0 aliphatic rings. The van der Waals surface area contributed by atoms with E-state index in [2.05, 4.69) is 5.32 Å². The molecule has 0 saturated heterocycles. The van der Waals surface area contributed by atoms with Gasteiger partial charge < -0.3 is 15.0 Å². The van der Waals surface area contributed by atoms with Gasteiger partial charge in [0.05, 0.1) is 0 Å². The second-order valence-corrected chi connectivity index (χ2v) is 7.07. The van der Waals surface area contributed by atoms with Gasteiger partial charge >= 0.3 is 0 Å². The molecule has 28 heavy (non-hydrogen) atoms. The van der Waals surface area contributed by atoms with Gasteiger partial charge in [0.25, 0.3) is 5.91 Å². The van der Waals surface area contributed by atoms with Crippen LogP contribution in [0.4, 0.5) is 4.39 Å². The molecule has 2 aromatic carbocycles. The fraction of sp³-hybridized carbons (Fsp3) is 0.364. The molecular formula is C22H27FN2O3. The highest BCUT2D eigenvalue weighted by Gasteiger charge is 2.27. The highest BCUT2D eigenvalue weighted by molar-refractivity contribution is 5.88. The molecule has 2 amide bonds. The van der Waals surface area contributed by atoms with E-state index in [9.17, 15) is 14.0 Å². The molecule has 1 N–H and O–H groups in total. The first kappa shape index (κ1) is 21.4. The average molecular weight is 386 g/mol. The van der Waals surface area contributed by atoms with Crippen LogP contribution in [-0.2, 0) is 16.1 Å². The molecule has 0 aromatic heterocycles. The standard InChI is InChI=1S/C22H27FN2O3/c1-15(2)24-22(27)17(4)25(13-18-11-9-16(3)10-12-18)21(26)14-28-20-8-6-5-7-19(20)23/h5-12,15,17H,13-14H2,1-4H3,(H,24,27)/t17-/m0/s1. The van der Waals surface area contributed by atoms with Crippen LogP contribution in [0.15, 0.2) is 48.5 Å². The van der Waals surface area contributed by atoms with Gasteiger partial charge in [-0.1, -0.05) is 42.0 Å². The lowest BCUT2D eigenvalue weighted by Crippen LogP contribution is -2.50. The lowest BCUT2D eigenvalue weighted by Gasteiger charge is -2.29. The van der Waals surface area contributed by atoms with E-state index >= 15 is 0 Å². The van der Waals surface area contributed by atoms with Crippen LogP contribution in [-0.4, -0.2) is 35.4 Å². The largest absolute Gasteiger partial charge is 0.481 e. The summed E-state index contributed by atoms with van der Waals surface area (Å²) in [5, 5.41) is 2.82. The van der Waals surface area contributed by atoms with Crippen LogP contribution < -0.4 is 10.1 Å². The summed E-state index contributed by atoms with van der Waals surface area (Å²) in [7, 11) is 0. The number of para-hydroxylation sites is 1. The summed E-state index contributed by atoms with van der Waals surface area (Å²) in [6.07, 6.45) is 0. The van der Waals surface area contributed by atoms with Crippen LogP contribution in [0.1, 0.15) is 31.9 Å². The van der Waals surface area contributed by atoms with Gasteiger partial charge in [-0.25, -0.2) is 4.39 Å². The van der Waals surface area contributed by atoms with Crippen LogP contribution in [0.3, 0.4) is 0 Å². The van der Waals surface area contributed by atoms with Gasteiger partial charge in [0.2, 0.25) is 5.91 Å². The van der Waals surface area contributed by atoms with E-state index < -0.39 is 17.8 Å². The second kappa shape index (κ2) is 9.88. The Morgan fingerprint density at radius 2 is 1.71 bits per heavy atom. The zero-order chi connectivity index (χ0) is 20.7. The van der Waals surface area contributed by atoms with Gasteiger partial charge in [-0.2, -0.15) is 0 Å². The molecule has 5 nitrogen and oxygen atoms in total. The number of halogens is 1. The van der Waals surface area contributed by atoms with Crippen LogP contribution in [0, 0.1) is 12.7 Å². The Morgan fingerprint density at radius 1 is 1.07 bits per heavy atom. The molecule has 150 valence electrons. The third kappa shape index (κ3) is 6.08. The van der Waals surface area contributed by atoms with E-state index in [4.69, 9.17) is 4.74 Å². The number of aryl methyl sites for hydroxylation is 1. The van der Waals surface area contributed by atoms with Crippen molar-refractivity contribution in [1.29, 1.82) is 0 Å². The third-order valence-corrected chi connectivity index (χ3v) is 4.26. The van der Waals surface area contributed by atoms with Crippen LogP contribution in [0.5, 0.6) is 5.75 Å². The normalized spacial score (nSPS) is 11.8. The molecule has 6 heteroatoms. The molecular weight excluding hydrogens is 359 g/mol. The van der Waals surface area contributed by atoms with Crippen molar-refractivity contribution in [3.63, 3.8) is 0 Å². The van der Waals surface area contributed by atoms with E-state index in [1.807, 2.05) is 45.0 Å². The molecule has 0 heterocycles. The molecule has 0 saturated carbocycles. The first-order valence-electron chi connectivity index (χ1n) is 9.30. The quantitative estimate of drug-likeness (QED) is 0.756. The zero-order valence-corrected chi connectivity index (χ0v) is 16.7. The molecule has 0 bridgehead atoms. The molecule has 0 fully saturated rings. The Labute approximate surface area is 165 Å². The predicted octanol–water partition coefficient (Wildman–Crippen LogP) is 3.45. The van der Waals surface area contributed by atoms with E-state index in [1.54, 1.807) is 19.1 Å². The van der Waals surface area contributed by atoms with Crippen molar-refractivity contribution in [2.75, 3.05) is 6.61 Å². The van der Waals surface area contributed by atoms with Crippen molar-refractivity contribution in [2.24, 2.45) is 0 Å². The molecule has 2 rings (SSSR count). The molecule has 0 aliphatic heterocycles. The SMILES string of the molecule is Cc1ccc(CN(C(=O)COc2ccccc2F)[C@@H](C)C(=O)NC(C)C)cc1. The summed E-state index contributed by atoms with van der Waals surface area (Å²) in [5.41, 5.74) is 2.00. The highest BCUT2D eigenvalue weighted by atomic mass is 19.1. The average Bonchev–Trinajstić information content (AvgIpc) is 2.65. The first-order chi connectivity index (χ1) is 13.3. The maximum absolute atomic E-state index is 13.7. The van der Waals surface area contributed by atoms with E-state index in [1.165, 1.54) is 17.0 Å². The number of hydrogen-bond acceptors (Lipinski definition) is 3. The van der Waals surface area contributed by atoms with Gasteiger partial charge in [0.1, 0.15) is 6.04 Å². The lowest BCUT2D eigenvalue weighted by atomic mass is 10.1. The monoisotopic (exact) mass is 386 g/mol. The number of amides is 2. The number of carbonyl (C=O) groups excluding carboxylic acids is 2. The van der Waals surface area contributed by atoms with Gasteiger partial charge in [-0.05, 0) is 45.4 Å². The van der Waals surface area contributed by atoms with Crippen molar-refractivity contribution >= 4 is 11.8 Å². The number of carbonyl (C=O) groups is 2. The number of benzene rings is 2. The Bertz CT molecular complexity index is 806. The highest BCUT2D eigenvalue weighted by Crippen LogP contribution is 2.16. The fourth-order valence-corrected chi connectivity index (χ4v) is 2.66. The summed E-state index contributed by atoms with van der Waals surface area (Å²) in [6, 6.07) is 12.9. The number of hydrogen-bond donors (Lipinski definition) is 1. The predicted molar refractivity (Wildman–Crippen MR) is 106 cm³/mol. The summed E-state index contributed by atoms with van der Waals surface area (Å²) in [5.74, 6) is -1.17. The number of ether oxygens (including phenoxy) is 1. The van der Waals surface area contributed by atoms with Gasteiger partial charge in [0, 0.05) is 12.6 Å². The van der Waals surface area contributed by atoms with Crippen LogP contribution in [0.25, 0.3) is 0 Å². The summed E-state index contributed by atoms with van der Waals surface area (Å²) < 4.78 is 19.1. The number of nitrogens with zero attached hydrogens (tertiary/aromatic N) is 1. The molecule has 0 unspecified atom stereocenters. The minimum Gasteiger partial charge on any atom is -0.481 e. The van der Waals surface area contributed by atoms with Crippen molar-refractivity contribution in [1.82, 2.24) is 10.2 Å². The van der Waals surface area contributed by atoms with Gasteiger partial charge in [-0.3, -0.25) is 9.59 Å². The smallest absolute Gasteiger partial charge is 0.261 e. The molecule has 0 radical (unpaired) electrons. The molecule has 1 atom stereocenters. The number of rotatable bonds is 8. The van der Waals surface area contributed by atoms with Crippen molar-refractivity contribution in [3.05, 3.63) is 65.5 Å². The fourth-order valence-electron chi connectivity index (χ4n) is 2.66. The lowest BCUT2D eigenvalue weighted by molar-refractivity contribution is -0.142. The zero-order valence-electron chi connectivity index (χ0n) is 16.7. The summed E-state index contributed by atoms with van der Waals surface area (Å²) >= 11 is 0. The minimum absolute atomic E-state index is 0.00502. The Balaban J connectivity index is 2.15. The van der Waals surface area contributed by atoms with Gasteiger partial charge in [-0.15, -0.1) is 0 Å². The molecule has 2 aromatic rings. The summed E-state index contributed by atoms with van der Waals surface area (Å²) in [4.78, 5) is 26.7. The Morgan fingerprint density at radius 3 is 2.32 bits per heavy atom. The van der Waals surface area contributed by atoms with Crippen molar-refractivity contribution < 1.29 is 18.7 Å². The van der Waals surface area contributed by atoms with Crippen LogP contribution >= 0.6 is 0 Å². The molecule has 0 spiro atoms. The Hall–Kier alpha value is -2.89. The number of nitrogens with one attached hydrogen (secondary N) is 1. The van der Waals surface area contributed by atoms with E-state index in [0.717, 1.165) is 11.1 Å². The van der Waals surface area contributed by atoms with Gasteiger partial charge in [0.15, 0.2) is 18.2 Å². The van der Waals surface area contributed by atoms with Crippen LogP contribution in [0.2, 0.25) is 0 Å². The van der Waals surface area contributed by atoms with E-state index in [0.29, 0.717) is 0 Å². The molecule has 0 aliphatic carbocycles. The second-order valence-electron chi connectivity index (χ2n) is 7.07. The summed E-state index contributed by atoms with van der Waals surface area (Å²) in [6.45, 7) is 7.27. The maximum atomic E-state index is 13.7. The van der Waals surface area contributed by atoms with E-state index in [-0.39, 0.29) is 30.9 Å². The van der Waals surface area contributed by atoms with Crippen molar-refractivity contribution in [3.8, 4) is 5.75 Å². The third-order valence-electron chi connectivity index (χ3n) is 4.26. The topological polar surface area (TPSA) is 58.6 Å². The minimum atomic E-state index is -0.694. The first-order valence-corrected chi connectivity index (χ1v) is 9.30. The Kier molecular flexibility index (Phi) is 7.55. The van der Waals surface area contributed by atoms with Crippen molar-refractivity contribution in [2.45, 2.75) is 46.3 Å².